The predicted octanol–water partition coefficient (Wildman–Crippen LogP) is 14.1. The number of imidazole rings is 2. The van der Waals surface area contributed by atoms with Gasteiger partial charge in [0.25, 0.3) is 40.5 Å². The highest BCUT2D eigenvalue weighted by atomic mass is 32.2. The first-order valence-electron chi connectivity index (χ1n) is 37.0. The number of H-pyrrole nitrogens is 2. The van der Waals surface area contributed by atoms with Crippen molar-refractivity contribution in [2.75, 3.05) is 47.1 Å². The number of aromatic nitrogens is 4. The highest BCUT2D eigenvalue weighted by molar-refractivity contribution is 7.86. The number of nitrogens with two attached hydrogens (primary N) is 2. The van der Waals surface area contributed by atoms with Crippen molar-refractivity contribution >= 4 is 199 Å². The number of aromatic amines is 2. The molecule has 0 bridgehead atoms. The average molecular weight is 1840 g/mol. The minimum Gasteiger partial charge on any atom is -0.548 e. The summed E-state index contributed by atoms with van der Waals surface area (Å²) in [5.74, 6) is -4.99. The molecule has 0 radical (unpaired) electrons. The summed E-state index contributed by atoms with van der Waals surface area (Å²) in [5, 5.41) is 138. The molecule has 44 nitrogen and oxygen atoms in total. The summed E-state index contributed by atoms with van der Waals surface area (Å²) >= 11 is 0. The van der Waals surface area contributed by atoms with Gasteiger partial charge in [-0.2, -0.15) is 64.4 Å². The number of nitrogen functional groups attached to an aromatic ring is 2. The summed E-state index contributed by atoms with van der Waals surface area (Å²) in [6.45, 7) is -1.13. The van der Waals surface area contributed by atoms with E-state index in [0.717, 1.165) is 24.3 Å². The number of carboxylic acid groups (broad SMARTS) is 3. The Bertz CT molecular complexity index is 7260. The van der Waals surface area contributed by atoms with Crippen LogP contribution in [0.25, 0.3) is 66.4 Å². The standard InChI is InChI=1S/2C37H28N10O10S2.C8H9NO3/c2*38-33-32-20(15-30(59(55,56)57)35(36(32)51)47-42-21-4-2-1-3-5-21)14-29(58(52,53)54)34(33)46-43-22-8-6-19(7-9-22)37-40-25-12-11-24(16-27(25)41-37)44-45-26-13-10-23(17-28(26)48)39-18-31(49)50;10-7-3-1-2-6(4-7)9-5-8(11)12/h2*1-17,39,48,51H,18,38H2,(H,40,41)(H,49,50)(H,52,53,54)(H,55,56,57);1-4,9-10H,5H2,(H,11,12)/p-3. The molecule has 0 saturated carbocycles. The van der Waals surface area contributed by atoms with Gasteiger partial charge in [-0.1, -0.05) is 42.5 Å². The number of carbonyl (C=O) groups is 3. The van der Waals surface area contributed by atoms with E-state index in [1.54, 1.807) is 109 Å². The van der Waals surface area contributed by atoms with Gasteiger partial charge >= 0.3 is 0 Å². The summed E-state index contributed by atoms with van der Waals surface area (Å²) in [5.41, 5.74) is 15.9. The van der Waals surface area contributed by atoms with Crippen LogP contribution in [0.1, 0.15) is 0 Å². The second-order valence-electron chi connectivity index (χ2n) is 27.2. The van der Waals surface area contributed by atoms with Crippen LogP contribution in [0.5, 0.6) is 28.7 Å². The normalized spacial score (nSPS) is 12.1. The maximum absolute atomic E-state index is 12.5. The first-order valence-corrected chi connectivity index (χ1v) is 42.8. The number of hydrogen-bond acceptors (Lipinski definition) is 38. The molecule has 0 fully saturated rings. The molecule has 0 aliphatic rings. The van der Waals surface area contributed by atoms with Crippen LogP contribution in [0.15, 0.2) is 311 Å². The number of carbonyl (C=O) groups excluding carboxylic acids is 3. The minimum absolute atomic E-state index is 0.0957. The van der Waals surface area contributed by atoms with Crippen molar-refractivity contribution in [2.24, 2.45) is 61.4 Å². The van der Waals surface area contributed by atoms with E-state index >= 15 is 0 Å². The number of phenols is 5. The molecule has 0 atom stereocenters. The Kier molecular flexibility index (Phi) is 26.7. The molecule has 0 saturated heterocycles. The number of nitrogens with zero attached hydrogens (tertiary/aromatic N) is 14. The Hall–Kier alpha value is -17.0. The van der Waals surface area contributed by atoms with E-state index in [4.69, 9.17) is 16.6 Å². The molecule has 0 spiro atoms. The van der Waals surface area contributed by atoms with Gasteiger partial charge in [0.05, 0.1) is 116 Å². The third-order valence-electron chi connectivity index (χ3n) is 18.2. The maximum Gasteiger partial charge on any atom is 0.296 e. The fourth-order valence-corrected chi connectivity index (χ4v) is 14.8. The van der Waals surface area contributed by atoms with Gasteiger partial charge in [0.15, 0.2) is 11.5 Å². The van der Waals surface area contributed by atoms with Crippen LogP contribution in [-0.2, 0) is 54.9 Å². The molecule has 2 heterocycles. The van der Waals surface area contributed by atoms with Gasteiger partial charge in [0.2, 0.25) is 0 Å². The van der Waals surface area contributed by atoms with Crippen LogP contribution in [0.2, 0.25) is 0 Å². The lowest BCUT2D eigenvalue weighted by Gasteiger charge is -2.14. The first-order chi connectivity index (χ1) is 61.8. The molecular formula is C82H62N21O23S4-3. The Morgan fingerprint density at radius 1 is 0.338 bits per heavy atom. The minimum atomic E-state index is -5.08. The van der Waals surface area contributed by atoms with Crippen molar-refractivity contribution in [3.8, 4) is 51.5 Å². The van der Waals surface area contributed by atoms with Gasteiger partial charge in [-0.15, -0.1) is 30.7 Å². The number of anilines is 5. The number of benzene rings is 13. The van der Waals surface area contributed by atoms with Crippen molar-refractivity contribution in [1.82, 2.24) is 19.9 Å². The molecule has 48 heteroatoms. The summed E-state index contributed by atoms with van der Waals surface area (Å²) in [7, 11) is -20.3. The molecule has 0 unspecified atom stereocenters. The van der Waals surface area contributed by atoms with E-state index in [1.807, 2.05) is 0 Å². The topological polar surface area (TPSA) is 733 Å². The first kappa shape index (κ1) is 90.7. The third-order valence-corrected chi connectivity index (χ3v) is 21.7. The third kappa shape index (κ3) is 22.2. The average Bonchev–Trinajstić information content (AvgIpc) is 1.12. The van der Waals surface area contributed by atoms with Gasteiger partial charge in [0.1, 0.15) is 82.6 Å². The van der Waals surface area contributed by atoms with E-state index in [1.165, 1.54) is 97.1 Å². The van der Waals surface area contributed by atoms with Crippen molar-refractivity contribution in [1.29, 1.82) is 0 Å². The molecule has 2 aromatic heterocycles. The molecule has 15 rings (SSSR count). The Morgan fingerprint density at radius 3 is 0.985 bits per heavy atom. The second kappa shape index (κ2) is 38.2. The number of hydrogen-bond donors (Lipinski definition) is 16. The van der Waals surface area contributed by atoms with Gasteiger partial charge in [-0.05, 0) is 181 Å². The van der Waals surface area contributed by atoms with Crippen LogP contribution in [0.3, 0.4) is 0 Å². The molecular weight excluding hydrogens is 1780 g/mol. The largest absolute Gasteiger partial charge is 0.548 e. The number of nitrogens with one attached hydrogen (secondary N) is 5. The van der Waals surface area contributed by atoms with E-state index in [2.05, 4.69) is 97.3 Å². The van der Waals surface area contributed by atoms with Crippen LogP contribution in [0.4, 0.5) is 96.7 Å². The summed E-state index contributed by atoms with van der Waals surface area (Å²) in [6, 6.07) is 56.9. The van der Waals surface area contributed by atoms with Crippen LogP contribution in [0, 0.1) is 0 Å². The molecule has 660 valence electrons. The lowest BCUT2D eigenvalue weighted by atomic mass is 10.1. The maximum atomic E-state index is 12.5. The van der Waals surface area contributed by atoms with Crippen LogP contribution < -0.4 is 42.7 Å². The molecule has 0 amide bonds. The number of fused-ring (bicyclic) bond motifs is 4. The molecule has 13 aromatic carbocycles. The van der Waals surface area contributed by atoms with E-state index in [-0.39, 0.29) is 79.5 Å². The SMILES string of the molecule is Nc1c(N=Nc2ccc(-c3nc4cc(N=Nc5ccc(NCC(=O)[O-])cc5O)ccc4[nH]3)cc2)c(S(=O)(=O)O)cc2cc(S(=O)(=O)O)c(N=Nc3ccccc3)c(O)c12.Nc1c(N=Nc2ccc(-c3nc4cc(N=Nc5ccc(NCC(=O)[O-])cc5O)ccc4[nH]3)cc2)c(S(=O)(=O)O)cc2cc(S(=O)(=O)O)c(N=Nc3ccccc3)c(O)c12.O=C([O-])CNc1cccc(O)c1. The molecule has 130 heavy (non-hydrogen) atoms. The van der Waals surface area contributed by atoms with Crippen molar-refractivity contribution < 1.29 is 107 Å². The number of aromatic hydroxyl groups is 5. The second-order valence-corrected chi connectivity index (χ2v) is 32.7. The molecule has 18 N–H and O–H groups in total. The number of aliphatic carboxylic acids is 3. The predicted molar refractivity (Wildman–Crippen MR) is 465 cm³/mol. The van der Waals surface area contributed by atoms with Crippen molar-refractivity contribution in [3.63, 3.8) is 0 Å². The highest BCUT2D eigenvalue weighted by Gasteiger charge is 2.31. The van der Waals surface area contributed by atoms with Gasteiger partial charge < -0.3 is 92.6 Å². The fraction of sp³-hybridized carbons (Fsp3) is 0.0366. The number of azo groups is 6. The Morgan fingerprint density at radius 2 is 0.654 bits per heavy atom. The molecule has 0 aliphatic heterocycles. The van der Waals surface area contributed by atoms with Crippen LogP contribution in [-0.4, -0.2) is 135 Å². The van der Waals surface area contributed by atoms with Gasteiger partial charge in [-0.3, -0.25) is 18.2 Å². The highest BCUT2D eigenvalue weighted by Crippen LogP contribution is 2.51. The van der Waals surface area contributed by atoms with Crippen molar-refractivity contribution in [3.05, 3.63) is 231 Å². The zero-order valence-electron chi connectivity index (χ0n) is 65.8. The van der Waals surface area contributed by atoms with Gasteiger partial charge in [-0.25, -0.2) is 9.97 Å². The fourth-order valence-electron chi connectivity index (χ4n) is 12.2. The van der Waals surface area contributed by atoms with E-state index in [9.17, 15) is 102 Å². The van der Waals surface area contributed by atoms with E-state index in [0.29, 0.717) is 73.3 Å². The quantitative estimate of drug-likeness (QED) is 0.0129. The molecule has 15 aromatic rings. The Balaban J connectivity index is 0.000000196. The van der Waals surface area contributed by atoms with Crippen molar-refractivity contribution in [2.45, 2.75) is 19.6 Å². The van der Waals surface area contributed by atoms with E-state index < -0.39 is 137 Å². The lowest BCUT2D eigenvalue weighted by molar-refractivity contribution is -0.304. The Labute approximate surface area is 731 Å². The number of rotatable bonds is 27. The molecule has 0 aliphatic carbocycles. The lowest BCUT2D eigenvalue weighted by Crippen LogP contribution is -2.30. The number of phenolic OH excluding ortho intramolecular Hbond substituents is 5. The zero-order valence-corrected chi connectivity index (χ0v) is 69.1. The smallest absolute Gasteiger partial charge is 0.296 e. The summed E-state index contributed by atoms with van der Waals surface area (Å²) < 4.78 is 139. The zero-order chi connectivity index (χ0) is 93.1. The van der Waals surface area contributed by atoms with Gasteiger partial charge in [0, 0.05) is 46.4 Å². The summed E-state index contributed by atoms with van der Waals surface area (Å²) in [6.07, 6.45) is 0. The number of carboxylic acids is 3. The van der Waals surface area contributed by atoms with Crippen LogP contribution >= 0.6 is 0 Å². The summed E-state index contributed by atoms with van der Waals surface area (Å²) in [4.78, 5) is 43.3. The monoisotopic (exact) mass is 1840 g/mol.